The van der Waals surface area contributed by atoms with Gasteiger partial charge in [0.1, 0.15) is 0 Å². The van der Waals surface area contributed by atoms with Crippen molar-refractivity contribution in [3.8, 4) is 22.5 Å². The van der Waals surface area contributed by atoms with Crippen molar-refractivity contribution in [1.82, 2.24) is 9.13 Å². The average molecular weight is 822 g/mol. The van der Waals surface area contributed by atoms with Gasteiger partial charge in [-0.3, -0.25) is 4.99 Å². The Hall–Kier alpha value is -8.54. The lowest BCUT2D eigenvalue weighted by Crippen LogP contribution is -2.17. The van der Waals surface area contributed by atoms with Crippen LogP contribution in [-0.2, 0) is 6.54 Å². The first kappa shape index (κ1) is 38.4. The Morgan fingerprint density at radius 1 is 0.438 bits per heavy atom. The minimum atomic E-state index is 0.510. The van der Waals surface area contributed by atoms with Crippen molar-refractivity contribution in [2.45, 2.75) is 6.54 Å². The SMILES string of the molecule is C=C(C=NC(=NCc1ccccc1)c1ccccc1)N(c1ccccc1)c1cc(-c2ccc3c(c2)c2ccccc2n3-c2ccccc2)cc(-n2c3ccccc3c3ccccc32)c1. The maximum absolute atomic E-state index is 5.08. The van der Waals surface area contributed by atoms with E-state index in [-0.39, 0.29) is 0 Å². The maximum Gasteiger partial charge on any atom is 0.154 e. The number of anilines is 2. The number of fused-ring (bicyclic) bond motifs is 6. The third-order valence-corrected chi connectivity index (χ3v) is 11.9. The molecule has 0 unspecified atom stereocenters. The van der Waals surface area contributed by atoms with E-state index in [0.717, 1.165) is 61.6 Å². The Labute approximate surface area is 372 Å². The molecule has 5 nitrogen and oxygen atoms in total. The van der Waals surface area contributed by atoms with Gasteiger partial charge in [0.25, 0.3) is 0 Å². The predicted molar refractivity (Wildman–Crippen MR) is 270 cm³/mol. The standard InChI is InChI=1S/C59H43N5/c1-42(40-60-59(44-22-8-3-9-23-44)61-41-43-20-6-2-7-21-43)62(47-24-10-4-11-25-47)49-36-46(37-50(39-49)64-55-31-17-14-28-51(55)52-29-15-18-32-56(52)64)45-34-35-58-54(38-45)53-30-16-19-33-57(53)63(58)48-26-12-5-13-27-48/h2-40H,1,41H2. The molecular formula is C59H43N5. The van der Waals surface area contributed by atoms with Gasteiger partial charge in [-0.05, 0) is 89.5 Å². The minimum absolute atomic E-state index is 0.510. The number of nitrogens with zero attached hydrogens (tertiary/aromatic N) is 5. The number of benzene rings is 9. The van der Waals surface area contributed by atoms with Gasteiger partial charge in [0, 0.05) is 49.9 Å². The van der Waals surface area contributed by atoms with E-state index in [1.54, 1.807) is 0 Å². The molecule has 0 saturated heterocycles. The number of amidine groups is 1. The van der Waals surface area contributed by atoms with Gasteiger partial charge in [0.15, 0.2) is 5.84 Å². The van der Waals surface area contributed by atoms with Crippen molar-refractivity contribution in [3.05, 3.63) is 254 Å². The summed E-state index contributed by atoms with van der Waals surface area (Å²) in [6.45, 7) is 5.21. The van der Waals surface area contributed by atoms with E-state index < -0.39 is 0 Å². The molecule has 0 amide bonds. The lowest BCUT2D eigenvalue weighted by molar-refractivity contribution is 1.06. The van der Waals surface area contributed by atoms with Crippen LogP contribution in [0.3, 0.4) is 0 Å². The number of hydrogen-bond acceptors (Lipinski definition) is 2. The van der Waals surface area contributed by atoms with Crippen LogP contribution in [0.4, 0.5) is 11.4 Å². The first-order chi connectivity index (χ1) is 31.7. The molecular weight excluding hydrogens is 779 g/mol. The highest BCUT2D eigenvalue weighted by atomic mass is 15.2. The van der Waals surface area contributed by atoms with Crippen LogP contribution in [0.2, 0.25) is 0 Å². The zero-order valence-corrected chi connectivity index (χ0v) is 35.2. The van der Waals surface area contributed by atoms with Crippen LogP contribution < -0.4 is 4.90 Å². The van der Waals surface area contributed by atoms with Gasteiger partial charge in [0.2, 0.25) is 0 Å². The summed E-state index contributed by atoms with van der Waals surface area (Å²) in [5.41, 5.74) is 13.6. The fraction of sp³-hybridized carbons (Fsp3) is 0.0169. The molecule has 0 aliphatic heterocycles. The molecule has 64 heavy (non-hydrogen) atoms. The van der Waals surface area contributed by atoms with Gasteiger partial charge >= 0.3 is 0 Å². The number of aliphatic imine (C=N–C) groups is 2. The van der Waals surface area contributed by atoms with Gasteiger partial charge in [-0.2, -0.15) is 0 Å². The van der Waals surface area contributed by atoms with Crippen LogP contribution in [-0.4, -0.2) is 21.2 Å². The van der Waals surface area contributed by atoms with E-state index >= 15 is 0 Å². The number of allylic oxidation sites excluding steroid dienone is 1. The van der Waals surface area contributed by atoms with Crippen LogP contribution in [0, 0.1) is 0 Å². The molecule has 5 heteroatoms. The lowest BCUT2D eigenvalue weighted by Gasteiger charge is -2.27. The molecule has 0 fully saturated rings. The third kappa shape index (κ3) is 7.15. The van der Waals surface area contributed by atoms with Gasteiger partial charge in [-0.15, -0.1) is 0 Å². The smallest absolute Gasteiger partial charge is 0.154 e. The Kier molecular flexibility index (Phi) is 10.0. The Morgan fingerprint density at radius 2 is 0.953 bits per heavy atom. The van der Waals surface area contributed by atoms with Crippen LogP contribution >= 0.6 is 0 Å². The van der Waals surface area contributed by atoms with Gasteiger partial charge in [-0.1, -0.05) is 164 Å². The molecule has 0 bridgehead atoms. The molecule has 9 aromatic carbocycles. The second-order valence-corrected chi connectivity index (χ2v) is 15.9. The monoisotopic (exact) mass is 821 g/mol. The van der Waals surface area contributed by atoms with Crippen molar-refractivity contribution >= 4 is 67.0 Å². The highest BCUT2D eigenvalue weighted by molar-refractivity contribution is 6.12. The van der Waals surface area contributed by atoms with Crippen molar-refractivity contribution in [2.24, 2.45) is 9.98 Å². The lowest BCUT2D eigenvalue weighted by atomic mass is 10.0. The molecule has 0 radical (unpaired) electrons. The minimum Gasteiger partial charge on any atom is -0.309 e. The topological polar surface area (TPSA) is 37.8 Å². The van der Waals surface area contributed by atoms with Gasteiger partial charge in [-0.25, -0.2) is 4.99 Å². The number of para-hydroxylation sites is 5. The summed E-state index contributed by atoms with van der Waals surface area (Å²) in [7, 11) is 0. The summed E-state index contributed by atoms with van der Waals surface area (Å²) in [4.78, 5) is 12.3. The van der Waals surface area contributed by atoms with Crippen molar-refractivity contribution in [1.29, 1.82) is 0 Å². The zero-order chi connectivity index (χ0) is 42.8. The van der Waals surface area contributed by atoms with Crippen molar-refractivity contribution < 1.29 is 0 Å². The van der Waals surface area contributed by atoms with Crippen molar-refractivity contribution in [3.63, 3.8) is 0 Å². The van der Waals surface area contributed by atoms with E-state index in [9.17, 15) is 0 Å². The summed E-state index contributed by atoms with van der Waals surface area (Å²) in [5.74, 6) is 0.640. The van der Waals surface area contributed by atoms with E-state index in [4.69, 9.17) is 16.6 Å². The summed E-state index contributed by atoms with van der Waals surface area (Å²) in [5, 5.41) is 4.82. The second kappa shape index (κ2) is 16.7. The van der Waals surface area contributed by atoms with Crippen LogP contribution in [0.25, 0.3) is 66.1 Å². The maximum atomic E-state index is 5.08. The first-order valence-electron chi connectivity index (χ1n) is 21.6. The zero-order valence-electron chi connectivity index (χ0n) is 35.2. The van der Waals surface area contributed by atoms with E-state index in [1.807, 2.05) is 48.7 Å². The molecule has 0 N–H and O–H groups in total. The first-order valence-corrected chi connectivity index (χ1v) is 21.6. The fourth-order valence-corrected chi connectivity index (χ4v) is 9.02. The Balaban J connectivity index is 1.11. The molecule has 0 spiro atoms. The van der Waals surface area contributed by atoms with Crippen LogP contribution in [0.1, 0.15) is 11.1 Å². The molecule has 304 valence electrons. The van der Waals surface area contributed by atoms with Crippen molar-refractivity contribution in [2.75, 3.05) is 4.90 Å². The third-order valence-electron chi connectivity index (χ3n) is 11.9. The molecule has 0 aliphatic carbocycles. The van der Waals surface area contributed by atoms with Gasteiger partial charge in [0.05, 0.1) is 40.5 Å². The molecule has 0 atom stereocenters. The summed E-state index contributed by atoms with van der Waals surface area (Å²) >= 11 is 0. The molecule has 2 heterocycles. The van der Waals surface area contributed by atoms with Crippen LogP contribution in [0.15, 0.2) is 253 Å². The number of aromatic nitrogens is 2. The number of hydrogen-bond donors (Lipinski definition) is 0. The summed E-state index contributed by atoms with van der Waals surface area (Å²) in [6, 6.07) is 81.3. The molecule has 11 aromatic rings. The van der Waals surface area contributed by atoms with E-state index in [1.165, 1.54) is 27.1 Å². The highest BCUT2D eigenvalue weighted by Gasteiger charge is 2.20. The highest BCUT2D eigenvalue weighted by Crippen LogP contribution is 2.40. The van der Waals surface area contributed by atoms with Crippen LogP contribution in [0.5, 0.6) is 0 Å². The average Bonchev–Trinajstić information content (AvgIpc) is 3.88. The normalized spacial score (nSPS) is 11.9. The largest absolute Gasteiger partial charge is 0.309 e. The quantitative estimate of drug-likeness (QED) is 0.100. The Bertz CT molecular complexity index is 3470. The fourth-order valence-electron chi connectivity index (χ4n) is 9.02. The Morgan fingerprint density at radius 3 is 1.59 bits per heavy atom. The summed E-state index contributed by atoms with van der Waals surface area (Å²) < 4.78 is 4.75. The van der Waals surface area contributed by atoms with E-state index in [2.05, 4.69) is 202 Å². The van der Waals surface area contributed by atoms with E-state index in [0.29, 0.717) is 18.1 Å². The number of rotatable bonds is 10. The molecule has 2 aromatic heterocycles. The molecule has 0 aliphatic rings. The van der Waals surface area contributed by atoms with Gasteiger partial charge < -0.3 is 14.0 Å². The molecule has 11 rings (SSSR count). The summed E-state index contributed by atoms with van der Waals surface area (Å²) in [6.07, 6.45) is 1.85. The molecule has 0 saturated carbocycles. The predicted octanol–water partition coefficient (Wildman–Crippen LogP) is 14.9. The second-order valence-electron chi connectivity index (χ2n) is 15.9.